The zero-order valence-corrected chi connectivity index (χ0v) is 16.5. The van der Waals surface area contributed by atoms with Crippen LogP contribution < -0.4 is 11.1 Å². The van der Waals surface area contributed by atoms with Crippen molar-refractivity contribution in [2.75, 3.05) is 5.32 Å². The number of hydrogen-bond acceptors (Lipinski definition) is 6. The van der Waals surface area contributed by atoms with Gasteiger partial charge in [-0.3, -0.25) is 14.9 Å². The molecule has 1 aromatic rings. The first kappa shape index (κ1) is 18.8. The van der Waals surface area contributed by atoms with Gasteiger partial charge in [0.25, 0.3) is 5.91 Å². The van der Waals surface area contributed by atoms with Crippen molar-refractivity contribution in [2.24, 2.45) is 11.1 Å². The number of carbonyl (C=O) groups excluding carboxylic acids is 3. The van der Waals surface area contributed by atoms with Gasteiger partial charge in [0.05, 0.1) is 22.2 Å². The average molecular weight is 380 g/mol. The maximum Gasteiger partial charge on any atom is 0.420 e. The van der Waals surface area contributed by atoms with Crippen LogP contribution in [0.1, 0.15) is 68.3 Å². The first-order chi connectivity index (χ1) is 11.8. The number of amides is 2. The molecule has 7 nitrogen and oxygen atoms in total. The minimum Gasteiger partial charge on any atom is -0.376 e. The lowest BCUT2D eigenvalue weighted by molar-refractivity contribution is -0.142. The molecule has 26 heavy (non-hydrogen) atoms. The van der Waals surface area contributed by atoms with E-state index in [2.05, 4.69) is 5.32 Å². The second kappa shape index (κ2) is 5.79. The fourth-order valence-electron chi connectivity index (χ4n) is 3.38. The van der Waals surface area contributed by atoms with E-state index in [9.17, 15) is 14.4 Å². The van der Waals surface area contributed by atoms with E-state index in [1.165, 1.54) is 11.3 Å². The first-order valence-electron chi connectivity index (χ1n) is 8.54. The minimum atomic E-state index is -0.901. The number of fused-ring (bicyclic) bond motifs is 1. The Kier molecular flexibility index (Phi) is 4.19. The number of carbonyl (C=O) groups is 3. The Balaban J connectivity index is 1.91. The summed E-state index contributed by atoms with van der Waals surface area (Å²) in [5.41, 5.74) is 4.94. The number of rotatable bonds is 3. The van der Waals surface area contributed by atoms with E-state index in [1.54, 1.807) is 6.92 Å². The maximum absolute atomic E-state index is 12.1. The summed E-state index contributed by atoms with van der Waals surface area (Å²) in [5, 5.41) is 2.81. The van der Waals surface area contributed by atoms with Gasteiger partial charge in [-0.05, 0) is 53.0 Å². The highest BCUT2D eigenvalue weighted by atomic mass is 32.1. The number of ether oxygens (including phenoxy) is 2. The van der Waals surface area contributed by atoms with Crippen LogP contribution in [0.3, 0.4) is 0 Å². The molecule has 8 heteroatoms. The molecule has 142 valence electrons. The molecular weight excluding hydrogens is 356 g/mol. The third kappa shape index (κ3) is 3.35. The Bertz CT molecular complexity index is 805. The van der Waals surface area contributed by atoms with Gasteiger partial charge in [0.15, 0.2) is 0 Å². The Morgan fingerprint density at radius 1 is 1.15 bits per heavy atom. The van der Waals surface area contributed by atoms with Crippen molar-refractivity contribution in [3.8, 4) is 0 Å². The Morgan fingerprint density at radius 2 is 1.77 bits per heavy atom. The number of primary amides is 1. The first-order valence-corrected chi connectivity index (χ1v) is 9.36. The van der Waals surface area contributed by atoms with E-state index in [-0.39, 0.29) is 10.6 Å². The van der Waals surface area contributed by atoms with Crippen LogP contribution in [0.5, 0.6) is 0 Å². The number of esters is 1. The monoisotopic (exact) mass is 380 g/mol. The van der Waals surface area contributed by atoms with E-state index in [1.807, 2.05) is 27.7 Å². The largest absolute Gasteiger partial charge is 0.420 e. The van der Waals surface area contributed by atoms with Gasteiger partial charge in [-0.1, -0.05) is 0 Å². The summed E-state index contributed by atoms with van der Waals surface area (Å²) in [4.78, 5) is 37.0. The summed E-state index contributed by atoms with van der Waals surface area (Å²) in [5.74, 6) is -1.19. The van der Waals surface area contributed by atoms with Gasteiger partial charge in [-0.15, -0.1) is 11.3 Å². The molecule has 0 saturated heterocycles. The van der Waals surface area contributed by atoms with Crippen molar-refractivity contribution in [3.05, 3.63) is 16.0 Å². The van der Waals surface area contributed by atoms with E-state index >= 15 is 0 Å². The van der Waals surface area contributed by atoms with Crippen molar-refractivity contribution in [2.45, 2.75) is 65.1 Å². The predicted octanol–water partition coefficient (Wildman–Crippen LogP) is 3.31. The van der Waals surface area contributed by atoms with Crippen molar-refractivity contribution < 1.29 is 23.9 Å². The van der Waals surface area contributed by atoms with Crippen LogP contribution in [-0.4, -0.2) is 23.6 Å². The molecule has 3 N–H and O–H groups in total. The molecule has 0 bridgehead atoms. The normalized spacial score (nSPS) is 21.4. The second-order valence-electron chi connectivity index (χ2n) is 8.39. The molecule has 2 heterocycles. The molecule has 1 aliphatic heterocycles. The molecule has 3 rings (SSSR count). The molecule has 2 aliphatic rings. The number of nitrogens with one attached hydrogen (secondary N) is 1. The lowest BCUT2D eigenvalue weighted by Crippen LogP contribution is -2.42. The molecule has 0 radical (unpaired) electrons. The number of nitrogens with two attached hydrogens (primary N) is 1. The SMILES string of the molecule is CC1(C)Cc2c(sc(NC(=O)OC(=O)C3(C)CC3)c2C(N)=O)C(C)(C)O1. The van der Waals surface area contributed by atoms with Gasteiger partial charge in [0.2, 0.25) is 0 Å². The standard InChI is InChI=1S/C18H24N2O5S/c1-16(2)8-9-10(12(19)21)13(26-11(9)17(3,4)25-16)20-15(23)24-14(22)18(5)6-7-18/h6-8H2,1-5H3,(H2,19,21)(H,20,23). The van der Waals surface area contributed by atoms with Gasteiger partial charge >= 0.3 is 12.1 Å². The fourth-order valence-corrected chi connectivity index (χ4v) is 4.63. The van der Waals surface area contributed by atoms with Crippen molar-refractivity contribution in [1.82, 2.24) is 0 Å². The number of thiophene rings is 1. The highest BCUT2D eigenvalue weighted by molar-refractivity contribution is 7.17. The van der Waals surface area contributed by atoms with Gasteiger partial charge in [0.1, 0.15) is 5.00 Å². The molecule has 1 fully saturated rings. The highest BCUT2D eigenvalue weighted by Crippen LogP contribution is 2.48. The van der Waals surface area contributed by atoms with Gasteiger partial charge in [-0.25, -0.2) is 4.79 Å². The molecular formula is C18H24N2O5S. The Morgan fingerprint density at radius 3 is 2.31 bits per heavy atom. The predicted molar refractivity (Wildman–Crippen MR) is 97.2 cm³/mol. The van der Waals surface area contributed by atoms with Gasteiger partial charge in [-0.2, -0.15) is 0 Å². The van der Waals surface area contributed by atoms with Crippen LogP contribution in [0.15, 0.2) is 0 Å². The number of anilines is 1. The third-order valence-electron chi connectivity index (χ3n) is 4.83. The van der Waals surface area contributed by atoms with Crippen molar-refractivity contribution >= 4 is 34.3 Å². The van der Waals surface area contributed by atoms with Crippen LogP contribution in [-0.2, 0) is 26.3 Å². The van der Waals surface area contributed by atoms with Gasteiger partial charge in [0, 0.05) is 11.3 Å². The minimum absolute atomic E-state index is 0.261. The average Bonchev–Trinajstić information content (AvgIpc) is 3.09. The van der Waals surface area contributed by atoms with Crippen LogP contribution in [0.4, 0.5) is 9.80 Å². The summed E-state index contributed by atoms with van der Waals surface area (Å²) in [6.07, 6.45) is 1.01. The third-order valence-corrected chi connectivity index (χ3v) is 6.28. The Labute approximate surface area is 156 Å². The van der Waals surface area contributed by atoms with Crippen LogP contribution in [0.2, 0.25) is 0 Å². The molecule has 0 atom stereocenters. The molecule has 1 aliphatic carbocycles. The summed E-state index contributed by atoms with van der Waals surface area (Å²) < 4.78 is 11.0. The van der Waals surface area contributed by atoms with E-state index in [4.69, 9.17) is 15.2 Å². The van der Waals surface area contributed by atoms with Crippen LogP contribution >= 0.6 is 11.3 Å². The maximum atomic E-state index is 12.1. The summed E-state index contributed by atoms with van der Waals surface area (Å²) in [6, 6.07) is 0. The highest BCUT2D eigenvalue weighted by Gasteiger charge is 2.48. The smallest absolute Gasteiger partial charge is 0.376 e. The van der Waals surface area contributed by atoms with Gasteiger partial charge < -0.3 is 15.2 Å². The van der Waals surface area contributed by atoms with Crippen molar-refractivity contribution in [1.29, 1.82) is 0 Å². The molecule has 0 aromatic carbocycles. The molecule has 2 amide bonds. The van der Waals surface area contributed by atoms with Crippen LogP contribution in [0.25, 0.3) is 0 Å². The lowest BCUT2D eigenvalue weighted by atomic mass is 9.86. The summed E-state index contributed by atoms with van der Waals surface area (Å²) in [7, 11) is 0. The fraction of sp³-hybridized carbons (Fsp3) is 0.611. The zero-order chi connectivity index (χ0) is 19.5. The lowest BCUT2D eigenvalue weighted by Gasteiger charge is -2.41. The van der Waals surface area contributed by atoms with Crippen molar-refractivity contribution in [3.63, 3.8) is 0 Å². The van der Waals surface area contributed by atoms with E-state index in [0.29, 0.717) is 19.3 Å². The summed E-state index contributed by atoms with van der Waals surface area (Å²) >= 11 is 1.23. The summed E-state index contributed by atoms with van der Waals surface area (Å²) in [6.45, 7) is 9.46. The Hall–Kier alpha value is -1.93. The van der Waals surface area contributed by atoms with E-state index < -0.39 is 34.6 Å². The topological polar surface area (TPSA) is 108 Å². The molecule has 0 unspecified atom stereocenters. The zero-order valence-electron chi connectivity index (χ0n) is 15.6. The molecule has 1 aromatic heterocycles. The van der Waals surface area contributed by atoms with Crippen LogP contribution in [0, 0.1) is 5.41 Å². The number of hydrogen-bond donors (Lipinski definition) is 2. The molecule has 0 spiro atoms. The van der Waals surface area contributed by atoms with E-state index in [0.717, 1.165) is 10.4 Å². The molecule has 1 saturated carbocycles. The second-order valence-corrected chi connectivity index (χ2v) is 9.41. The quantitative estimate of drug-likeness (QED) is 0.618.